The molecule has 1 aliphatic rings. The minimum Gasteiger partial charge on any atom is -0.258 e. The van der Waals surface area contributed by atoms with Crippen LogP contribution in [0.2, 0.25) is 0 Å². The molecule has 2 aromatic carbocycles. The van der Waals surface area contributed by atoms with E-state index in [1.165, 1.54) is 6.07 Å². The van der Waals surface area contributed by atoms with Crippen LogP contribution in [0.15, 0.2) is 42.5 Å². The van der Waals surface area contributed by atoms with Gasteiger partial charge in [-0.2, -0.15) is 0 Å². The number of hydrogen-bond donors (Lipinski definition) is 0. The van der Waals surface area contributed by atoms with Crippen molar-refractivity contribution in [3.8, 4) is 35.8 Å². The van der Waals surface area contributed by atoms with Crippen LogP contribution >= 0.6 is 0 Å². The minimum atomic E-state index is -0.540. The largest absolute Gasteiger partial charge is 0.269 e. The summed E-state index contributed by atoms with van der Waals surface area (Å²) in [5.41, 5.74) is 3.47. The fourth-order valence-electron chi connectivity index (χ4n) is 3.35. The third-order valence-electron chi connectivity index (χ3n) is 4.27. The number of nitro groups is 1. The van der Waals surface area contributed by atoms with Crippen molar-refractivity contribution in [2.75, 3.05) is 0 Å². The Kier molecular flexibility index (Phi) is 3.20. The van der Waals surface area contributed by atoms with Crippen LogP contribution < -0.4 is 0 Å². The molecule has 3 rings (SSSR count). The summed E-state index contributed by atoms with van der Waals surface area (Å²) in [6, 6.07) is 12.8. The van der Waals surface area contributed by atoms with E-state index >= 15 is 0 Å². The molecular weight excluding hydrogens is 274 g/mol. The molecule has 3 nitrogen and oxygen atoms in total. The average Bonchev–Trinajstić information content (AvgIpc) is 2.79. The topological polar surface area (TPSA) is 43.1 Å². The normalized spacial score (nSPS) is 13.5. The summed E-state index contributed by atoms with van der Waals surface area (Å²) in [4.78, 5) is 10.7. The van der Waals surface area contributed by atoms with Crippen LogP contribution in [0.4, 0.5) is 5.69 Å². The van der Waals surface area contributed by atoms with Crippen molar-refractivity contribution in [2.45, 2.75) is 18.3 Å². The Balaban J connectivity index is 2.36. The Labute approximate surface area is 129 Å². The predicted molar refractivity (Wildman–Crippen MR) is 86.2 cm³/mol. The van der Waals surface area contributed by atoms with Crippen molar-refractivity contribution in [3.05, 3.63) is 63.7 Å². The Hall–Kier alpha value is -3.04. The molecule has 1 aliphatic carbocycles. The van der Waals surface area contributed by atoms with Gasteiger partial charge < -0.3 is 0 Å². The minimum absolute atomic E-state index is 0.0602. The molecule has 0 saturated carbocycles. The van der Waals surface area contributed by atoms with Crippen LogP contribution in [-0.4, -0.2) is 4.92 Å². The second kappa shape index (κ2) is 5.06. The summed E-state index contributed by atoms with van der Waals surface area (Å²) >= 11 is 0. The zero-order valence-electron chi connectivity index (χ0n) is 11.9. The van der Waals surface area contributed by atoms with Gasteiger partial charge in [-0.3, -0.25) is 10.1 Å². The van der Waals surface area contributed by atoms with Gasteiger partial charge in [-0.15, -0.1) is 24.7 Å². The van der Waals surface area contributed by atoms with E-state index in [2.05, 4.69) is 11.8 Å². The maximum atomic E-state index is 11.1. The number of nitrogens with zero attached hydrogens (tertiary/aromatic N) is 1. The molecule has 0 radical (unpaired) electrons. The molecule has 3 heteroatoms. The molecular formula is C19H13NO2. The number of fused-ring (bicyclic) bond motifs is 3. The highest BCUT2D eigenvalue weighted by molar-refractivity contribution is 5.82. The highest BCUT2D eigenvalue weighted by atomic mass is 16.6. The van der Waals surface area contributed by atoms with Crippen molar-refractivity contribution >= 4 is 5.69 Å². The van der Waals surface area contributed by atoms with Gasteiger partial charge in [0.15, 0.2) is 0 Å². The van der Waals surface area contributed by atoms with Crippen LogP contribution in [0, 0.1) is 34.8 Å². The maximum absolute atomic E-state index is 11.1. The molecule has 2 aromatic rings. The van der Waals surface area contributed by atoms with Crippen molar-refractivity contribution in [3.63, 3.8) is 0 Å². The lowest BCUT2D eigenvalue weighted by molar-refractivity contribution is -0.384. The lowest BCUT2D eigenvalue weighted by Gasteiger charge is -2.27. The standard InChI is InChI=1S/C19H13NO2/c1-3-11-19(12-4-2)17-8-6-5-7-15(17)16-10-9-14(20(21)22)13-18(16)19/h1-2,5-10,13H,11-12H2. The van der Waals surface area contributed by atoms with E-state index in [0.717, 1.165) is 22.3 Å². The Morgan fingerprint density at radius 3 is 2.27 bits per heavy atom. The monoisotopic (exact) mass is 287 g/mol. The molecule has 0 atom stereocenters. The number of nitro benzene ring substituents is 1. The lowest BCUT2D eigenvalue weighted by Crippen LogP contribution is -2.24. The molecule has 0 fully saturated rings. The van der Waals surface area contributed by atoms with Crippen LogP contribution in [0.25, 0.3) is 11.1 Å². The van der Waals surface area contributed by atoms with E-state index in [4.69, 9.17) is 12.8 Å². The summed E-state index contributed by atoms with van der Waals surface area (Å²) in [7, 11) is 0. The second-order valence-corrected chi connectivity index (χ2v) is 5.38. The summed E-state index contributed by atoms with van der Waals surface area (Å²) < 4.78 is 0. The van der Waals surface area contributed by atoms with Gasteiger partial charge in [0.1, 0.15) is 0 Å². The van der Waals surface area contributed by atoms with E-state index in [0.29, 0.717) is 12.8 Å². The Morgan fingerprint density at radius 1 is 1.00 bits per heavy atom. The molecule has 0 N–H and O–H groups in total. The quantitative estimate of drug-likeness (QED) is 0.488. The summed E-state index contributed by atoms with van der Waals surface area (Å²) in [5.74, 6) is 5.40. The summed E-state index contributed by atoms with van der Waals surface area (Å²) in [6.07, 6.45) is 12.0. The zero-order valence-corrected chi connectivity index (χ0v) is 11.9. The fourth-order valence-corrected chi connectivity index (χ4v) is 3.35. The van der Waals surface area contributed by atoms with Gasteiger partial charge in [0.2, 0.25) is 0 Å². The lowest BCUT2D eigenvalue weighted by atomic mass is 9.73. The van der Waals surface area contributed by atoms with Gasteiger partial charge in [0.05, 0.1) is 4.92 Å². The van der Waals surface area contributed by atoms with E-state index < -0.39 is 5.41 Å². The van der Waals surface area contributed by atoms with Crippen molar-refractivity contribution < 1.29 is 4.92 Å². The van der Waals surface area contributed by atoms with Crippen molar-refractivity contribution in [2.24, 2.45) is 0 Å². The average molecular weight is 287 g/mol. The molecule has 0 aromatic heterocycles. The van der Waals surface area contributed by atoms with E-state index in [9.17, 15) is 10.1 Å². The van der Waals surface area contributed by atoms with Crippen LogP contribution in [-0.2, 0) is 5.41 Å². The highest BCUT2D eigenvalue weighted by Gasteiger charge is 2.42. The second-order valence-electron chi connectivity index (χ2n) is 5.38. The molecule has 0 bridgehead atoms. The SMILES string of the molecule is C#CCC1(CC#C)c2ccccc2-c2ccc([N+](=O)[O-])cc21. The first-order valence-electron chi connectivity index (χ1n) is 6.90. The molecule has 0 amide bonds. The molecule has 106 valence electrons. The fraction of sp³-hybridized carbons (Fsp3) is 0.158. The van der Waals surface area contributed by atoms with Gasteiger partial charge in [-0.1, -0.05) is 24.3 Å². The molecule has 0 aliphatic heterocycles. The summed E-state index contributed by atoms with van der Waals surface area (Å²) in [6.45, 7) is 0. The van der Waals surface area contributed by atoms with Gasteiger partial charge in [-0.25, -0.2) is 0 Å². The third-order valence-corrected chi connectivity index (χ3v) is 4.27. The van der Waals surface area contributed by atoms with Gasteiger partial charge in [-0.05, 0) is 28.3 Å². The van der Waals surface area contributed by atoms with Gasteiger partial charge >= 0.3 is 0 Å². The highest BCUT2D eigenvalue weighted by Crippen LogP contribution is 2.53. The van der Waals surface area contributed by atoms with Crippen LogP contribution in [0.3, 0.4) is 0 Å². The van der Waals surface area contributed by atoms with Gasteiger partial charge in [0, 0.05) is 30.4 Å². The first-order chi connectivity index (χ1) is 10.6. The van der Waals surface area contributed by atoms with Crippen molar-refractivity contribution in [1.82, 2.24) is 0 Å². The molecule has 0 saturated heterocycles. The Bertz CT molecular complexity index is 836. The van der Waals surface area contributed by atoms with Crippen molar-refractivity contribution in [1.29, 1.82) is 0 Å². The van der Waals surface area contributed by atoms with E-state index in [1.807, 2.05) is 24.3 Å². The van der Waals surface area contributed by atoms with E-state index in [1.54, 1.807) is 12.1 Å². The third kappa shape index (κ3) is 1.80. The smallest absolute Gasteiger partial charge is 0.258 e. The first kappa shape index (κ1) is 13.9. The van der Waals surface area contributed by atoms with Crippen LogP contribution in [0.5, 0.6) is 0 Å². The molecule has 0 spiro atoms. The number of benzene rings is 2. The van der Waals surface area contributed by atoms with Gasteiger partial charge in [0.25, 0.3) is 5.69 Å². The zero-order chi connectivity index (χ0) is 15.7. The first-order valence-corrected chi connectivity index (χ1v) is 6.90. The molecule has 0 unspecified atom stereocenters. The number of rotatable bonds is 3. The Morgan fingerprint density at radius 2 is 1.64 bits per heavy atom. The molecule has 0 heterocycles. The molecule has 22 heavy (non-hydrogen) atoms. The number of hydrogen-bond acceptors (Lipinski definition) is 2. The summed E-state index contributed by atoms with van der Waals surface area (Å²) in [5, 5.41) is 11.1. The van der Waals surface area contributed by atoms with E-state index in [-0.39, 0.29) is 10.6 Å². The number of terminal acetylenes is 2. The number of non-ortho nitro benzene ring substituents is 1. The van der Waals surface area contributed by atoms with Crippen LogP contribution in [0.1, 0.15) is 24.0 Å². The maximum Gasteiger partial charge on any atom is 0.269 e. The predicted octanol–water partition coefficient (Wildman–Crippen LogP) is 3.91.